The van der Waals surface area contributed by atoms with Crippen molar-refractivity contribution in [2.45, 2.75) is 6.54 Å². The van der Waals surface area contributed by atoms with Crippen LogP contribution in [0.5, 0.6) is 0 Å². The van der Waals surface area contributed by atoms with E-state index in [4.69, 9.17) is 34.8 Å². The number of likely N-dealkylation sites (N-methyl/N-ethyl adjacent to an activating group) is 1. The molecule has 1 aliphatic rings. The SMILES string of the molecule is CN(Cc1c(F)cccc1Cl)C(=O)CN1C(=O)c2cc(Cl)c(Cl)cc2C1=O. The Morgan fingerprint density at radius 2 is 1.59 bits per heavy atom. The van der Waals surface area contributed by atoms with E-state index in [0.717, 1.165) is 4.90 Å². The minimum absolute atomic E-state index is 0.0852. The number of fused-ring (bicyclic) bond motifs is 1. The van der Waals surface area contributed by atoms with E-state index in [-0.39, 0.29) is 38.3 Å². The van der Waals surface area contributed by atoms with Crippen LogP contribution in [0.2, 0.25) is 15.1 Å². The normalized spacial score (nSPS) is 13.1. The molecule has 1 heterocycles. The zero-order chi connectivity index (χ0) is 19.9. The lowest BCUT2D eigenvalue weighted by Gasteiger charge is -2.21. The van der Waals surface area contributed by atoms with Gasteiger partial charge in [-0.1, -0.05) is 40.9 Å². The number of rotatable bonds is 4. The molecule has 9 heteroatoms. The van der Waals surface area contributed by atoms with Crippen LogP contribution in [-0.4, -0.2) is 41.1 Å². The van der Waals surface area contributed by atoms with Gasteiger partial charge in [-0.3, -0.25) is 19.3 Å². The van der Waals surface area contributed by atoms with Crippen LogP contribution in [0.3, 0.4) is 0 Å². The van der Waals surface area contributed by atoms with Crippen LogP contribution in [0.25, 0.3) is 0 Å². The lowest BCUT2D eigenvalue weighted by Crippen LogP contribution is -2.41. The third kappa shape index (κ3) is 3.65. The van der Waals surface area contributed by atoms with Crippen LogP contribution >= 0.6 is 34.8 Å². The van der Waals surface area contributed by atoms with Gasteiger partial charge in [-0.15, -0.1) is 0 Å². The molecule has 0 saturated heterocycles. The number of benzene rings is 2. The standard InChI is InChI=1S/C18H12Cl3FN2O3/c1-23(7-11-12(19)3-2-4-15(11)22)16(25)8-24-17(26)9-5-13(20)14(21)6-10(9)18(24)27/h2-6H,7-8H2,1H3. The molecule has 5 nitrogen and oxygen atoms in total. The van der Waals surface area contributed by atoms with Crippen LogP contribution in [0, 0.1) is 5.82 Å². The van der Waals surface area contributed by atoms with Crippen LogP contribution in [0.4, 0.5) is 4.39 Å². The van der Waals surface area contributed by atoms with Crippen molar-refractivity contribution in [2.24, 2.45) is 0 Å². The second kappa shape index (κ2) is 7.46. The Morgan fingerprint density at radius 3 is 2.11 bits per heavy atom. The molecule has 0 spiro atoms. The highest BCUT2D eigenvalue weighted by molar-refractivity contribution is 6.43. The second-order valence-corrected chi connectivity index (χ2v) is 7.18. The third-order valence-electron chi connectivity index (χ3n) is 4.19. The number of halogens is 4. The fourth-order valence-corrected chi connectivity index (χ4v) is 3.24. The minimum Gasteiger partial charge on any atom is -0.340 e. The molecule has 2 aromatic carbocycles. The van der Waals surface area contributed by atoms with Gasteiger partial charge >= 0.3 is 0 Å². The van der Waals surface area contributed by atoms with Crippen LogP contribution in [-0.2, 0) is 11.3 Å². The van der Waals surface area contributed by atoms with Crippen molar-refractivity contribution in [3.63, 3.8) is 0 Å². The summed E-state index contributed by atoms with van der Waals surface area (Å²) >= 11 is 17.7. The topological polar surface area (TPSA) is 57.7 Å². The van der Waals surface area contributed by atoms with Crippen LogP contribution in [0.1, 0.15) is 26.3 Å². The molecular formula is C18H12Cl3FN2O3. The Balaban J connectivity index is 1.76. The summed E-state index contributed by atoms with van der Waals surface area (Å²) in [6.07, 6.45) is 0. The maximum atomic E-state index is 13.9. The molecule has 0 unspecified atom stereocenters. The number of hydrogen-bond donors (Lipinski definition) is 0. The van der Waals surface area contributed by atoms with Crippen molar-refractivity contribution < 1.29 is 18.8 Å². The molecule has 140 valence electrons. The van der Waals surface area contributed by atoms with E-state index in [1.165, 1.54) is 42.3 Å². The van der Waals surface area contributed by atoms with Crippen molar-refractivity contribution in [1.82, 2.24) is 9.80 Å². The number of carbonyl (C=O) groups excluding carboxylic acids is 3. The number of carbonyl (C=O) groups is 3. The Morgan fingerprint density at radius 1 is 1.04 bits per heavy atom. The van der Waals surface area contributed by atoms with Crippen molar-refractivity contribution in [2.75, 3.05) is 13.6 Å². The molecule has 1 aliphatic heterocycles. The van der Waals surface area contributed by atoms with Gasteiger partial charge in [0, 0.05) is 24.2 Å². The summed E-state index contributed by atoms with van der Waals surface area (Å²) in [6.45, 7) is -0.602. The Kier molecular flexibility index (Phi) is 5.42. The van der Waals surface area contributed by atoms with Crippen molar-refractivity contribution in [3.05, 3.63) is 67.9 Å². The van der Waals surface area contributed by atoms with Crippen molar-refractivity contribution in [3.8, 4) is 0 Å². The second-order valence-electron chi connectivity index (χ2n) is 5.96. The number of imide groups is 1. The van der Waals surface area contributed by atoms with E-state index in [1.54, 1.807) is 0 Å². The fraction of sp³-hybridized carbons (Fsp3) is 0.167. The fourth-order valence-electron chi connectivity index (χ4n) is 2.69. The van der Waals surface area contributed by atoms with E-state index >= 15 is 0 Å². The summed E-state index contributed by atoms with van der Waals surface area (Å²) in [4.78, 5) is 39.4. The van der Waals surface area contributed by atoms with E-state index in [1.807, 2.05) is 0 Å². The van der Waals surface area contributed by atoms with Gasteiger partial charge in [-0.05, 0) is 24.3 Å². The van der Waals surface area contributed by atoms with Gasteiger partial charge in [0.2, 0.25) is 5.91 Å². The van der Waals surface area contributed by atoms with Gasteiger partial charge in [0.25, 0.3) is 11.8 Å². The lowest BCUT2D eigenvalue weighted by molar-refractivity contribution is -0.130. The third-order valence-corrected chi connectivity index (χ3v) is 5.26. The molecule has 2 aromatic rings. The molecule has 0 N–H and O–H groups in total. The van der Waals surface area contributed by atoms with Crippen LogP contribution in [0.15, 0.2) is 30.3 Å². The van der Waals surface area contributed by atoms with Crippen molar-refractivity contribution in [1.29, 1.82) is 0 Å². The van der Waals surface area contributed by atoms with Crippen LogP contribution < -0.4 is 0 Å². The molecule has 0 bridgehead atoms. The van der Waals surface area contributed by atoms with E-state index in [9.17, 15) is 18.8 Å². The van der Waals surface area contributed by atoms with E-state index in [2.05, 4.69) is 0 Å². The molecule has 3 amide bonds. The molecule has 0 aliphatic carbocycles. The average molecular weight is 430 g/mol. The van der Waals surface area contributed by atoms with Gasteiger partial charge < -0.3 is 4.90 Å². The highest BCUT2D eigenvalue weighted by Gasteiger charge is 2.38. The lowest BCUT2D eigenvalue weighted by atomic mass is 10.1. The molecule has 0 aromatic heterocycles. The number of hydrogen-bond acceptors (Lipinski definition) is 3. The first kappa shape index (κ1) is 19.6. The Hall–Kier alpha value is -2.15. The maximum absolute atomic E-state index is 13.9. The molecular weight excluding hydrogens is 418 g/mol. The summed E-state index contributed by atoms with van der Waals surface area (Å²) in [5.74, 6) is -2.38. The van der Waals surface area contributed by atoms with Gasteiger partial charge in [0.05, 0.1) is 21.2 Å². The summed E-state index contributed by atoms with van der Waals surface area (Å²) in [7, 11) is 1.43. The van der Waals surface area contributed by atoms with Gasteiger partial charge in [0.1, 0.15) is 12.4 Å². The van der Waals surface area contributed by atoms with E-state index < -0.39 is 30.1 Å². The molecule has 3 rings (SSSR count). The summed E-state index contributed by atoms with van der Waals surface area (Å²) < 4.78 is 13.9. The zero-order valence-corrected chi connectivity index (χ0v) is 16.2. The van der Waals surface area contributed by atoms with E-state index in [0.29, 0.717) is 0 Å². The summed E-state index contributed by atoms with van der Waals surface area (Å²) in [5.41, 5.74) is 0.319. The largest absolute Gasteiger partial charge is 0.340 e. The molecule has 0 saturated carbocycles. The number of amides is 3. The monoisotopic (exact) mass is 428 g/mol. The molecule has 0 fully saturated rings. The smallest absolute Gasteiger partial charge is 0.262 e. The van der Waals surface area contributed by atoms with Gasteiger partial charge in [-0.25, -0.2) is 4.39 Å². The Labute approximate surface area is 169 Å². The van der Waals surface area contributed by atoms with Gasteiger partial charge in [0.15, 0.2) is 0 Å². The molecule has 0 radical (unpaired) electrons. The zero-order valence-electron chi connectivity index (χ0n) is 13.9. The first-order valence-corrected chi connectivity index (χ1v) is 8.86. The maximum Gasteiger partial charge on any atom is 0.262 e. The first-order chi connectivity index (χ1) is 12.7. The summed E-state index contributed by atoms with van der Waals surface area (Å²) in [5, 5.41) is 0.451. The minimum atomic E-state index is -0.640. The molecule has 27 heavy (non-hydrogen) atoms. The summed E-state index contributed by atoms with van der Waals surface area (Å²) in [6, 6.07) is 6.80. The predicted octanol–water partition coefficient (Wildman–Crippen LogP) is 4.04. The molecule has 0 atom stereocenters. The quantitative estimate of drug-likeness (QED) is 0.689. The van der Waals surface area contributed by atoms with Crippen molar-refractivity contribution >= 4 is 52.5 Å². The Bertz CT molecular complexity index is 919. The predicted molar refractivity (Wildman–Crippen MR) is 99.7 cm³/mol. The van der Waals surface area contributed by atoms with Gasteiger partial charge in [-0.2, -0.15) is 0 Å². The highest BCUT2D eigenvalue weighted by Crippen LogP contribution is 2.31. The number of nitrogens with zero attached hydrogens (tertiary/aromatic N) is 2. The average Bonchev–Trinajstić information content (AvgIpc) is 2.83. The first-order valence-electron chi connectivity index (χ1n) is 7.72. The highest BCUT2D eigenvalue weighted by atomic mass is 35.5.